The smallest absolute Gasteiger partial charge is 0.291 e. The third-order valence-electron chi connectivity index (χ3n) is 5.45. The fourth-order valence-electron chi connectivity index (χ4n) is 3.84. The number of nitrogens with zero attached hydrogens (tertiary/aromatic N) is 6. The van der Waals surface area contributed by atoms with Crippen molar-refractivity contribution in [3.63, 3.8) is 0 Å². The van der Waals surface area contributed by atoms with E-state index in [0.29, 0.717) is 12.3 Å². The van der Waals surface area contributed by atoms with E-state index in [4.69, 9.17) is 0 Å². The van der Waals surface area contributed by atoms with Gasteiger partial charge in [0.15, 0.2) is 0 Å². The first-order chi connectivity index (χ1) is 16.1. The number of hydrogen-bond acceptors (Lipinski definition) is 5. The van der Waals surface area contributed by atoms with Gasteiger partial charge in [0.05, 0.1) is 6.54 Å². The van der Waals surface area contributed by atoms with Crippen LogP contribution in [0.5, 0.6) is 0 Å². The highest BCUT2D eigenvalue weighted by molar-refractivity contribution is 5.90. The molecule has 0 bridgehead atoms. The summed E-state index contributed by atoms with van der Waals surface area (Å²) < 4.78 is 3.48. The number of benzene rings is 2. The normalized spacial score (nSPS) is 11.1. The number of carbonyl (C=O) groups excluding carboxylic acids is 1. The topological polar surface area (TPSA) is 90.0 Å². The average Bonchev–Trinajstić information content (AvgIpc) is 3.48. The van der Waals surface area contributed by atoms with Gasteiger partial charge in [0, 0.05) is 30.3 Å². The van der Waals surface area contributed by atoms with Crippen molar-refractivity contribution < 1.29 is 4.79 Å². The van der Waals surface area contributed by atoms with Gasteiger partial charge in [-0.25, -0.2) is 9.50 Å². The van der Waals surface area contributed by atoms with E-state index in [0.717, 1.165) is 34.6 Å². The maximum absolute atomic E-state index is 12.7. The second-order valence-corrected chi connectivity index (χ2v) is 7.93. The molecule has 8 heteroatoms. The SMILES string of the molecule is Cc1cc(C)n2nc(C(=O)NCc3ccccc3-c3ccc(Cn4cccn4)cc3)nc2n1. The molecule has 0 aliphatic heterocycles. The molecule has 164 valence electrons. The molecule has 0 atom stereocenters. The Labute approximate surface area is 190 Å². The van der Waals surface area contributed by atoms with Gasteiger partial charge in [0.2, 0.25) is 5.82 Å². The molecule has 0 aliphatic rings. The number of nitrogens with one attached hydrogen (secondary N) is 1. The molecule has 0 fully saturated rings. The molecule has 5 rings (SSSR count). The molecule has 0 saturated carbocycles. The van der Waals surface area contributed by atoms with E-state index in [1.165, 1.54) is 5.56 Å². The molecule has 3 heterocycles. The summed E-state index contributed by atoms with van der Waals surface area (Å²) in [6, 6.07) is 20.3. The quantitative estimate of drug-likeness (QED) is 0.439. The van der Waals surface area contributed by atoms with E-state index in [1.54, 1.807) is 10.7 Å². The van der Waals surface area contributed by atoms with Crippen LogP contribution in [-0.4, -0.2) is 35.3 Å². The monoisotopic (exact) mass is 437 g/mol. The minimum Gasteiger partial charge on any atom is -0.345 e. The van der Waals surface area contributed by atoms with Gasteiger partial charge in [0.25, 0.3) is 11.7 Å². The van der Waals surface area contributed by atoms with Crippen molar-refractivity contribution in [1.82, 2.24) is 34.7 Å². The molecule has 2 aromatic carbocycles. The maximum Gasteiger partial charge on any atom is 0.291 e. The van der Waals surface area contributed by atoms with E-state index in [2.05, 4.69) is 55.8 Å². The molecular formula is C25H23N7O. The van der Waals surface area contributed by atoms with Gasteiger partial charge >= 0.3 is 0 Å². The van der Waals surface area contributed by atoms with Crippen LogP contribution in [0, 0.1) is 13.8 Å². The van der Waals surface area contributed by atoms with Crippen LogP contribution in [0.3, 0.4) is 0 Å². The summed E-state index contributed by atoms with van der Waals surface area (Å²) in [5, 5.41) is 11.5. The average molecular weight is 438 g/mol. The third kappa shape index (κ3) is 4.36. The Kier molecular flexibility index (Phi) is 5.40. The molecule has 33 heavy (non-hydrogen) atoms. The predicted octanol–water partition coefficient (Wildman–Crippen LogP) is 3.58. The molecule has 3 aromatic heterocycles. The molecule has 0 radical (unpaired) electrons. The van der Waals surface area contributed by atoms with Gasteiger partial charge in [-0.2, -0.15) is 10.1 Å². The third-order valence-corrected chi connectivity index (χ3v) is 5.45. The molecule has 5 aromatic rings. The highest BCUT2D eigenvalue weighted by Gasteiger charge is 2.15. The van der Waals surface area contributed by atoms with Crippen LogP contribution >= 0.6 is 0 Å². The number of fused-ring (bicyclic) bond motifs is 1. The van der Waals surface area contributed by atoms with Gasteiger partial charge in [0.1, 0.15) is 0 Å². The van der Waals surface area contributed by atoms with E-state index in [9.17, 15) is 4.79 Å². The molecule has 0 aliphatic carbocycles. The van der Waals surface area contributed by atoms with Crippen LogP contribution < -0.4 is 5.32 Å². The van der Waals surface area contributed by atoms with Crippen molar-refractivity contribution >= 4 is 11.7 Å². The Hall–Kier alpha value is -4.33. The second kappa shape index (κ2) is 8.66. The molecule has 0 unspecified atom stereocenters. The Balaban J connectivity index is 1.32. The zero-order chi connectivity index (χ0) is 22.8. The van der Waals surface area contributed by atoms with Gasteiger partial charge in [-0.15, -0.1) is 5.10 Å². The summed E-state index contributed by atoms with van der Waals surface area (Å²) in [5.41, 5.74) is 6.06. The van der Waals surface area contributed by atoms with Crippen molar-refractivity contribution in [2.24, 2.45) is 0 Å². The predicted molar refractivity (Wildman–Crippen MR) is 125 cm³/mol. The van der Waals surface area contributed by atoms with E-state index in [1.807, 2.05) is 55.1 Å². The summed E-state index contributed by atoms with van der Waals surface area (Å²) in [6.45, 7) is 4.90. The summed E-state index contributed by atoms with van der Waals surface area (Å²) in [4.78, 5) is 21.4. The van der Waals surface area contributed by atoms with Crippen molar-refractivity contribution in [1.29, 1.82) is 0 Å². The van der Waals surface area contributed by atoms with Crippen LogP contribution in [-0.2, 0) is 13.1 Å². The Morgan fingerprint density at radius 1 is 1.00 bits per heavy atom. The van der Waals surface area contributed by atoms with Gasteiger partial charge < -0.3 is 5.32 Å². The van der Waals surface area contributed by atoms with Crippen molar-refractivity contribution in [2.45, 2.75) is 26.9 Å². The van der Waals surface area contributed by atoms with Gasteiger partial charge in [-0.1, -0.05) is 48.5 Å². The Morgan fingerprint density at radius 3 is 2.61 bits per heavy atom. The molecule has 0 spiro atoms. The number of aryl methyl sites for hydroxylation is 2. The Morgan fingerprint density at radius 2 is 1.82 bits per heavy atom. The van der Waals surface area contributed by atoms with Crippen LogP contribution in [0.15, 0.2) is 73.1 Å². The fraction of sp³-hybridized carbons (Fsp3) is 0.160. The highest BCUT2D eigenvalue weighted by Crippen LogP contribution is 2.24. The zero-order valence-electron chi connectivity index (χ0n) is 18.4. The minimum atomic E-state index is -0.332. The van der Waals surface area contributed by atoms with Crippen molar-refractivity contribution in [3.8, 4) is 11.1 Å². The zero-order valence-corrected chi connectivity index (χ0v) is 18.4. The first-order valence-corrected chi connectivity index (χ1v) is 10.7. The van der Waals surface area contributed by atoms with Gasteiger partial charge in [-0.05, 0) is 48.2 Å². The largest absolute Gasteiger partial charge is 0.345 e. The first kappa shape index (κ1) is 20.6. The lowest BCUT2D eigenvalue weighted by Gasteiger charge is -2.11. The van der Waals surface area contributed by atoms with E-state index in [-0.39, 0.29) is 11.7 Å². The summed E-state index contributed by atoms with van der Waals surface area (Å²) in [7, 11) is 0. The highest BCUT2D eigenvalue weighted by atomic mass is 16.2. The number of carbonyl (C=O) groups is 1. The lowest BCUT2D eigenvalue weighted by Crippen LogP contribution is -2.24. The summed E-state index contributed by atoms with van der Waals surface area (Å²) in [6.07, 6.45) is 3.72. The molecule has 8 nitrogen and oxygen atoms in total. The first-order valence-electron chi connectivity index (χ1n) is 10.7. The van der Waals surface area contributed by atoms with Gasteiger partial charge in [-0.3, -0.25) is 9.48 Å². The van der Waals surface area contributed by atoms with Crippen LogP contribution in [0.1, 0.15) is 33.1 Å². The second-order valence-electron chi connectivity index (χ2n) is 7.93. The van der Waals surface area contributed by atoms with E-state index >= 15 is 0 Å². The van der Waals surface area contributed by atoms with Crippen LogP contribution in [0.2, 0.25) is 0 Å². The Bertz CT molecular complexity index is 1420. The summed E-state index contributed by atoms with van der Waals surface area (Å²) in [5.74, 6) is 0.201. The van der Waals surface area contributed by atoms with Crippen molar-refractivity contribution in [3.05, 3.63) is 101 Å². The van der Waals surface area contributed by atoms with Crippen LogP contribution in [0.4, 0.5) is 0 Å². The molecular weight excluding hydrogens is 414 g/mol. The lowest BCUT2D eigenvalue weighted by molar-refractivity contribution is 0.0941. The fourth-order valence-corrected chi connectivity index (χ4v) is 3.84. The van der Waals surface area contributed by atoms with Crippen molar-refractivity contribution in [2.75, 3.05) is 0 Å². The number of hydrogen-bond donors (Lipinski definition) is 1. The number of rotatable bonds is 6. The minimum absolute atomic E-state index is 0.108. The molecule has 1 N–H and O–H groups in total. The molecule has 1 amide bonds. The number of amides is 1. The number of aromatic nitrogens is 6. The standard InChI is InChI=1S/C25H23N7O/c1-17-14-18(2)32-25(28-17)29-23(30-32)24(33)26-15-21-6-3-4-7-22(21)20-10-8-19(9-11-20)16-31-13-5-12-27-31/h3-14H,15-16H2,1-2H3,(H,26,33). The van der Waals surface area contributed by atoms with E-state index < -0.39 is 0 Å². The van der Waals surface area contributed by atoms with Crippen LogP contribution in [0.25, 0.3) is 16.9 Å². The maximum atomic E-state index is 12.7. The summed E-state index contributed by atoms with van der Waals surface area (Å²) >= 11 is 0. The lowest BCUT2D eigenvalue weighted by atomic mass is 9.98. The molecule has 0 saturated heterocycles.